The summed E-state index contributed by atoms with van der Waals surface area (Å²) in [6, 6.07) is 17.6. The predicted octanol–water partition coefficient (Wildman–Crippen LogP) is 4.73. The smallest absolute Gasteiger partial charge is 0.410 e. The van der Waals surface area contributed by atoms with Crippen LogP contribution in [-0.2, 0) is 11.3 Å². The van der Waals surface area contributed by atoms with Gasteiger partial charge in [0.25, 0.3) is 0 Å². The minimum absolute atomic E-state index is 0.133. The number of aromatic nitrogens is 2. The van der Waals surface area contributed by atoms with Gasteiger partial charge in [0.15, 0.2) is 0 Å². The molecule has 2 heterocycles. The number of rotatable bonds is 7. The number of nitrogens with two attached hydrogens (primary N) is 1. The highest BCUT2D eigenvalue weighted by atomic mass is 35.5. The van der Waals surface area contributed by atoms with Crippen LogP contribution in [0.3, 0.4) is 0 Å². The molecule has 1 aliphatic rings. The number of carbonyl (C=O) groups excluding carboxylic acids is 1. The van der Waals surface area contributed by atoms with Crippen LogP contribution in [-0.4, -0.2) is 39.7 Å². The van der Waals surface area contributed by atoms with Crippen LogP contribution in [0.2, 0.25) is 5.02 Å². The van der Waals surface area contributed by atoms with Gasteiger partial charge < -0.3 is 15.0 Å². The lowest BCUT2D eigenvalue weighted by molar-refractivity contribution is 0.123. The van der Waals surface area contributed by atoms with Crippen molar-refractivity contribution in [3.05, 3.63) is 77.2 Å². The highest BCUT2D eigenvalue weighted by Gasteiger charge is 2.39. The lowest BCUT2D eigenvalue weighted by Crippen LogP contribution is -2.36. The zero-order valence-electron chi connectivity index (χ0n) is 17.7. The van der Waals surface area contributed by atoms with E-state index < -0.39 is 0 Å². The Bertz CT molecular complexity index is 1050. The molecular weight excluding hydrogens is 412 g/mol. The maximum atomic E-state index is 12.6. The molecule has 7 heteroatoms. The van der Waals surface area contributed by atoms with Crippen LogP contribution in [0.4, 0.5) is 4.79 Å². The van der Waals surface area contributed by atoms with Crippen LogP contribution in [0.5, 0.6) is 0 Å². The van der Waals surface area contributed by atoms with Gasteiger partial charge in [0.05, 0.1) is 18.3 Å². The highest BCUT2D eigenvalue weighted by molar-refractivity contribution is 6.30. The van der Waals surface area contributed by atoms with Gasteiger partial charge in [0.1, 0.15) is 11.9 Å². The second-order valence-electron chi connectivity index (χ2n) is 8.19. The van der Waals surface area contributed by atoms with E-state index in [1.807, 2.05) is 48.7 Å². The van der Waals surface area contributed by atoms with Crippen molar-refractivity contribution in [3.63, 3.8) is 0 Å². The van der Waals surface area contributed by atoms with E-state index in [4.69, 9.17) is 27.1 Å². The van der Waals surface area contributed by atoms with Crippen LogP contribution < -0.4 is 5.73 Å². The van der Waals surface area contributed by atoms with E-state index in [0.29, 0.717) is 24.7 Å². The maximum absolute atomic E-state index is 12.6. The number of imidazole rings is 1. The largest absolute Gasteiger partial charge is 0.443 e. The molecule has 0 spiro atoms. The number of halogens is 1. The summed E-state index contributed by atoms with van der Waals surface area (Å²) in [6.07, 6.45) is 1.40. The first-order valence-electron chi connectivity index (χ1n) is 10.5. The first kappa shape index (κ1) is 21.4. The molecule has 1 aromatic heterocycles. The lowest BCUT2D eigenvalue weighted by atomic mass is 10.0. The number of carbonyl (C=O) groups is 1. The fraction of sp³-hybridized carbons (Fsp3) is 0.333. The fourth-order valence-corrected chi connectivity index (χ4v) is 4.24. The van der Waals surface area contributed by atoms with Gasteiger partial charge in [-0.15, -0.1) is 0 Å². The number of benzene rings is 2. The summed E-state index contributed by atoms with van der Waals surface area (Å²) in [5.74, 6) is 0.955. The van der Waals surface area contributed by atoms with Crippen LogP contribution in [0, 0.1) is 5.92 Å². The molecule has 1 aliphatic heterocycles. The summed E-state index contributed by atoms with van der Waals surface area (Å²) in [7, 11) is 0. The molecule has 162 valence electrons. The van der Waals surface area contributed by atoms with Crippen molar-refractivity contribution in [2.24, 2.45) is 11.7 Å². The number of cyclic esters (lactones) is 1. The number of hydrogen-bond donors (Lipinski definition) is 1. The Hall–Kier alpha value is -2.83. The van der Waals surface area contributed by atoms with Gasteiger partial charge >= 0.3 is 6.09 Å². The van der Waals surface area contributed by atoms with Crippen LogP contribution in [0.25, 0.3) is 11.3 Å². The molecule has 2 N–H and O–H groups in total. The molecule has 3 aromatic rings. The van der Waals surface area contributed by atoms with Crippen molar-refractivity contribution in [1.82, 2.24) is 14.5 Å². The molecule has 6 nitrogen and oxygen atoms in total. The summed E-state index contributed by atoms with van der Waals surface area (Å²) in [5.41, 5.74) is 8.68. The second kappa shape index (κ2) is 9.12. The molecule has 2 atom stereocenters. The van der Waals surface area contributed by atoms with Gasteiger partial charge in [-0.25, -0.2) is 9.78 Å². The first-order chi connectivity index (χ1) is 15.0. The quantitative estimate of drug-likeness (QED) is 0.578. The van der Waals surface area contributed by atoms with E-state index in [9.17, 15) is 4.79 Å². The van der Waals surface area contributed by atoms with Gasteiger partial charge in [-0.3, -0.25) is 4.90 Å². The first-order valence-corrected chi connectivity index (χ1v) is 10.9. The van der Waals surface area contributed by atoms with Crippen molar-refractivity contribution in [3.8, 4) is 11.3 Å². The molecular formula is C24H27ClN4O2. The van der Waals surface area contributed by atoms with Crippen molar-refractivity contribution in [2.45, 2.75) is 32.5 Å². The molecule has 0 bridgehead atoms. The van der Waals surface area contributed by atoms with E-state index >= 15 is 0 Å². The number of amides is 1. The third-order valence-corrected chi connectivity index (χ3v) is 5.76. The van der Waals surface area contributed by atoms with Crippen molar-refractivity contribution < 1.29 is 9.53 Å². The monoisotopic (exact) mass is 438 g/mol. The topological polar surface area (TPSA) is 73.4 Å². The van der Waals surface area contributed by atoms with Crippen LogP contribution in [0.1, 0.15) is 31.3 Å². The molecule has 4 rings (SSSR count). The standard InChI is InChI=1S/C24H27ClN4O2/c1-16(2)22(29-14-20(12-26)31-24(29)30)23-27-21(18-9-6-10-19(25)11-18)15-28(23)13-17-7-4-3-5-8-17/h3-11,15-16,20,22H,12-14,26H2,1-2H3/t20?,22-/m1/s1. The van der Waals surface area contributed by atoms with E-state index in [-0.39, 0.29) is 24.2 Å². The van der Waals surface area contributed by atoms with Crippen molar-refractivity contribution >= 4 is 17.7 Å². The van der Waals surface area contributed by atoms with Gasteiger partial charge in [-0.05, 0) is 23.6 Å². The van der Waals surface area contributed by atoms with Gasteiger partial charge in [-0.2, -0.15) is 0 Å². The minimum Gasteiger partial charge on any atom is -0.443 e. The van der Waals surface area contributed by atoms with E-state index in [1.165, 1.54) is 0 Å². The van der Waals surface area contributed by atoms with Crippen molar-refractivity contribution in [1.29, 1.82) is 0 Å². The number of hydrogen-bond acceptors (Lipinski definition) is 4. The predicted molar refractivity (Wildman–Crippen MR) is 122 cm³/mol. The Morgan fingerprint density at radius 3 is 2.61 bits per heavy atom. The summed E-state index contributed by atoms with van der Waals surface area (Å²) in [4.78, 5) is 19.4. The second-order valence-corrected chi connectivity index (χ2v) is 8.63. The van der Waals surface area contributed by atoms with E-state index in [2.05, 4.69) is 30.5 Å². The lowest BCUT2D eigenvalue weighted by Gasteiger charge is -2.29. The Morgan fingerprint density at radius 1 is 1.19 bits per heavy atom. The van der Waals surface area contributed by atoms with Gasteiger partial charge in [-0.1, -0.05) is 67.9 Å². The Balaban J connectivity index is 1.78. The number of ether oxygens (including phenoxy) is 1. The molecule has 1 unspecified atom stereocenters. The minimum atomic E-state index is -0.340. The maximum Gasteiger partial charge on any atom is 0.410 e. The molecule has 2 aromatic carbocycles. The summed E-state index contributed by atoms with van der Waals surface area (Å²) < 4.78 is 7.57. The molecule has 1 saturated heterocycles. The Kier molecular flexibility index (Phi) is 6.30. The van der Waals surface area contributed by atoms with E-state index in [1.54, 1.807) is 4.90 Å². The van der Waals surface area contributed by atoms with Crippen LogP contribution >= 0.6 is 11.6 Å². The third-order valence-electron chi connectivity index (χ3n) is 5.52. The van der Waals surface area contributed by atoms with Crippen molar-refractivity contribution in [2.75, 3.05) is 13.1 Å². The molecule has 0 saturated carbocycles. The summed E-state index contributed by atoms with van der Waals surface area (Å²) in [5, 5.41) is 0.658. The van der Waals surface area contributed by atoms with Gasteiger partial charge in [0.2, 0.25) is 0 Å². The highest BCUT2D eigenvalue weighted by Crippen LogP contribution is 2.34. The molecule has 0 radical (unpaired) electrons. The molecule has 31 heavy (non-hydrogen) atoms. The molecule has 1 fully saturated rings. The zero-order valence-corrected chi connectivity index (χ0v) is 18.5. The fourth-order valence-electron chi connectivity index (χ4n) is 4.05. The molecule has 0 aliphatic carbocycles. The normalized spacial score (nSPS) is 17.3. The Morgan fingerprint density at radius 2 is 1.97 bits per heavy atom. The van der Waals surface area contributed by atoms with Gasteiger partial charge in [0, 0.05) is 29.9 Å². The third kappa shape index (κ3) is 4.60. The SMILES string of the molecule is CC(C)[C@H](c1nc(-c2cccc(Cl)c2)cn1Cc1ccccc1)N1CC(CN)OC1=O. The molecule has 1 amide bonds. The summed E-state index contributed by atoms with van der Waals surface area (Å²) in [6.45, 7) is 5.60. The average molecular weight is 439 g/mol. The Labute approximate surface area is 187 Å². The average Bonchev–Trinajstić information content (AvgIpc) is 3.33. The summed E-state index contributed by atoms with van der Waals surface area (Å²) >= 11 is 6.22. The number of nitrogens with zero attached hydrogens (tertiary/aromatic N) is 3. The van der Waals surface area contributed by atoms with E-state index in [0.717, 1.165) is 22.6 Å². The zero-order chi connectivity index (χ0) is 22.0. The van der Waals surface area contributed by atoms with Crippen LogP contribution in [0.15, 0.2) is 60.8 Å².